The molecular formula is C27H30N6O5S3. The number of thioether (sulfide) groups is 2. The van der Waals surface area contributed by atoms with Gasteiger partial charge in [0.1, 0.15) is 27.8 Å². The number of benzene rings is 2. The van der Waals surface area contributed by atoms with E-state index in [4.69, 9.17) is 31.2 Å². The van der Waals surface area contributed by atoms with Crippen LogP contribution in [0.15, 0.2) is 53.9 Å². The Morgan fingerprint density at radius 2 is 1.83 bits per heavy atom. The number of hydrogen-bond acceptors (Lipinski definition) is 13. The minimum atomic E-state index is -1.43. The van der Waals surface area contributed by atoms with Crippen LogP contribution in [0.3, 0.4) is 0 Å². The number of nitrogens with zero attached hydrogens (tertiary/aromatic N) is 4. The molecule has 14 heteroatoms. The highest BCUT2D eigenvalue weighted by Gasteiger charge is 2.73. The van der Waals surface area contributed by atoms with E-state index in [-0.39, 0.29) is 17.2 Å². The lowest BCUT2D eigenvalue weighted by Gasteiger charge is -2.39. The van der Waals surface area contributed by atoms with Gasteiger partial charge >= 0.3 is 0 Å². The van der Waals surface area contributed by atoms with Gasteiger partial charge in [0.15, 0.2) is 11.5 Å². The molecule has 0 amide bonds. The van der Waals surface area contributed by atoms with Crippen LogP contribution in [0.25, 0.3) is 0 Å². The molecule has 2 aromatic carbocycles. The Balaban J connectivity index is 1.51. The summed E-state index contributed by atoms with van der Waals surface area (Å²) in [4.78, 5) is 22.0. The first-order valence-electron chi connectivity index (χ1n) is 12.8. The van der Waals surface area contributed by atoms with E-state index in [1.807, 2.05) is 35.0 Å². The Kier molecular flexibility index (Phi) is 7.65. The molecule has 0 unspecified atom stereocenters. The van der Waals surface area contributed by atoms with Gasteiger partial charge < -0.3 is 23.8 Å². The molecule has 4 atom stereocenters. The first-order chi connectivity index (χ1) is 19.9. The third-order valence-electron chi connectivity index (χ3n) is 7.70. The van der Waals surface area contributed by atoms with Crippen molar-refractivity contribution in [2.75, 3.05) is 39.2 Å². The molecule has 2 N–H and O–H groups in total. The molecule has 3 aliphatic rings. The second-order valence-electron chi connectivity index (χ2n) is 9.58. The maximum atomic E-state index is 14.8. The number of anilines is 1. The summed E-state index contributed by atoms with van der Waals surface area (Å²) < 4.78 is 26.2. The molecule has 41 heavy (non-hydrogen) atoms. The molecule has 0 radical (unpaired) electrons. The molecule has 3 aromatic rings. The van der Waals surface area contributed by atoms with Crippen LogP contribution in [0.2, 0.25) is 0 Å². The first-order valence-corrected chi connectivity index (χ1v) is 15.1. The molecule has 3 aliphatic heterocycles. The summed E-state index contributed by atoms with van der Waals surface area (Å²) in [6.45, 7) is 1.88. The van der Waals surface area contributed by atoms with Crippen molar-refractivity contribution in [3.63, 3.8) is 0 Å². The zero-order chi connectivity index (χ0) is 28.9. The van der Waals surface area contributed by atoms with Crippen LogP contribution >= 0.6 is 35.7 Å². The number of hydrazine groups is 2. The Hall–Kier alpha value is -2.85. The Bertz CT molecular complexity index is 1480. The second-order valence-corrected chi connectivity index (χ2v) is 12.3. The number of hydrogen-bond donors (Lipinski definition) is 2. The summed E-state index contributed by atoms with van der Waals surface area (Å²) in [5.74, 6) is 1.61. The Morgan fingerprint density at radius 3 is 2.46 bits per heavy atom. The van der Waals surface area contributed by atoms with Gasteiger partial charge in [-0.05, 0) is 19.1 Å². The van der Waals surface area contributed by atoms with Crippen LogP contribution in [0.1, 0.15) is 15.9 Å². The van der Waals surface area contributed by atoms with E-state index in [1.165, 1.54) is 18.9 Å². The maximum absolute atomic E-state index is 14.8. The van der Waals surface area contributed by atoms with Crippen LogP contribution < -0.4 is 30.1 Å². The SMILES string of the molecule is COc1c(C)c(OC)c2c(c1OC)C(=O)[C@@]1(OC)[C@@H]3[C@@H](NNN3CSc3ccccc3)[C@H](SC(=S)n3ccnc3)N21. The lowest BCUT2D eigenvalue weighted by molar-refractivity contribution is -0.0310. The van der Waals surface area contributed by atoms with Gasteiger partial charge in [0, 0.05) is 30.0 Å². The van der Waals surface area contributed by atoms with Crippen molar-refractivity contribution in [1.29, 1.82) is 0 Å². The molecule has 0 spiro atoms. The molecule has 1 aromatic heterocycles. The van der Waals surface area contributed by atoms with E-state index in [2.05, 4.69) is 28.1 Å². The second kappa shape index (κ2) is 11.1. The number of aromatic nitrogens is 2. The average molecular weight is 615 g/mol. The van der Waals surface area contributed by atoms with Crippen LogP contribution in [-0.2, 0) is 4.74 Å². The Labute approximate surface area is 251 Å². The molecule has 2 fully saturated rings. The molecule has 11 nitrogen and oxygen atoms in total. The minimum Gasteiger partial charge on any atom is -0.494 e. The molecule has 0 aliphatic carbocycles. The van der Waals surface area contributed by atoms with Gasteiger partial charge in [0.2, 0.25) is 11.5 Å². The zero-order valence-corrected chi connectivity index (χ0v) is 25.6. The standard InChI is InChI=1S/C27H30N6O5S3/c1-15-20(35-2)19-17(22(37-4)21(15)36-3)24(34)27(38-5)23-18(25(33(19)27)41-26(39)31-12-11-28-13-31)29-30-32(23)14-40-16-9-7-6-8-10-16/h6-13,18,23,25,29-30H,14H2,1-5H3/t18-,23+,25+,27+/m1/s1. The number of carbonyl (C=O) groups is 1. The summed E-state index contributed by atoms with van der Waals surface area (Å²) in [6, 6.07) is 9.39. The average Bonchev–Trinajstić information content (AvgIpc) is 3.76. The summed E-state index contributed by atoms with van der Waals surface area (Å²) in [6.07, 6.45) is 5.15. The van der Waals surface area contributed by atoms with Crippen LogP contribution in [-0.4, -0.2) is 82.2 Å². The fourth-order valence-electron chi connectivity index (χ4n) is 6.05. The van der Waals surface area contributed by atoms with E-state index in [9.17, 15) is 4.79 Å². The van der Waals surface area contributed by atoms with Gasteiger partial charge in [-0.25, -0.2) is 15.4 Å². The van der Waals surface area contributed by atoms with E-state index in [0.29, 0.717) is 44.3 Å². The highest BCUT2D eigenvalue weighted by molar-refractivity contribution is 8.23. The number of carbonyl (C=O) groups excluding carboxylic acids is 1. The molecule has 216 valence electrons. The number of methoxy groups -OCH3 is 4. The van der Waals surface area contributed by atoms with Gasteiger partial charge in [-0.15, -0.1) is 11.8 Å². The topological polar surface area (TPSA) is 102 Å². The van der Waals surface area contributed by atoms with Gasteiger partial charge in [-0.2, -0.15) is 5.53 Å². The number of ether oxygens (including phenoxy) is 4. The van der Waals surface area contributed by atoms with E-state index >= 15 is 0 Å². The molecule has 2 saturated heterocycles. The number of imidazole rings is 1. The van der Waals surface area contributed by atoms with Gasteiger partial charge in [-0.3, -0.25) is 9.36 Å². The number of thiocarbonyl (C=S) groups is 1. The quantitative estimate of drug-likeness (QED) is 0.287. The van der Waals surface area contributed by atoms with Gasteiger partial charge in [0.25, 0.3) is 0 Å². The number of nitrogens with one attached hydrogen (secondary N) is 2. The van der Waals surface area contributed by atoms with Crippen LogP contribution in [0, 0.1) is 6.92 Å². The van der Waals surface area contributed by atoms with E-state index in [0.717, 1.165) is 4.90 Å². The predicted molar refractivity (Wildman–Crippen MR) is 162 cm³/mol. The Morgan fingerprint density at radius 1 is 1.10 bits per heavy atom. The maximum Gasteiger partial charge on any atom is 0.225 e. The van der Waals surface area contributed by atoms with Crippen LogP contribution in [0.5, 0.6) is 17.2 Å². The lowest BCUT2D eigenvalue weighted by Crippen LogP contribution is -2.61. The summed E-state index contributed by atoms with van der Waals surface area (Å²) in [5.41, 5.74) is 6.98. The van der Waals surface area contributed by atoms with Crippen molar-refractivity contribution in [2.24, 2.45) is 0 Å². The van der Waals surface area contributed by atoms with Crippen molar-refractivity contribution in [2.45, 2.75) is 35.0 Å². The highest BCUT2D eigenvalue weighted by Crippen LogP contribution is 2.61. The number of fused-ring (bicyclic) bond motifs is 5. The van der Waals surface area contributed by atoms with E-state index in [1.54, 1.807) is 56.4 Å². The summed E-state index contributed by atoms with van der Waals surface area (Å²) in [7, 11) is 6.24. The molecule has 6 rings (SSSR count). The number of ketones is 1. The predicted octanol–water partition coefficient (Wildman–Crippen LogP) is 3.28. The molecule has 0 bridgehead atoms. The summed E-state index contributed by atoms with van der Waals surface area (Å²) in [5, 5.41) is 1.64. The fourth-order valence-corrected chi connectivity index (χ4v) is 8.48. The van der Waals surface area contributed by atoms with Gasteiger partial charge in [-0.1, -0.05) is 42.2 Å². The minimum absolute atomic E-state index is 0.240. The van der Waals surface area contributed by atoms with Crippen molar-refractivity contribution < 1.29 is 23.7 Å². The first kappa shape index (κ1) is 28.3. The largest absolute Gasteiger partial charge is 0.494 e. The smallest absolute Gasteiger partial charge is 0.225 e. The number of rotatable bonds is 8. The van der Waals surface area contributed by atoms with Gasteiger partial charge in [0.05, 0.1) is 44.5 Å². The molecule has 0 saturated carbocycles. The third-order valence-corrected chi connectivity index (χ3v) is 10.4. The normalized spacial score (nSPS) is 24.8. The summed E-state index contributed by atoms with van der Waals surface area (Å²) >= 11 is 8.95. The number of Topliss-reactive ketones (excluding diaryl/α,β-unsaturated/α-hetero) is 1. The van der Waals surface area contributed by atoms with Crippen molar-refractivity contribution in [3.05, 3.63) is 60.2 Å². The van der Waals surface area contributed by atoms with E-state index < -0.39 is 11.8 Å². The zero-order valence-electron chi connectivity index (χ0n) is 23.1. The fraction of sp³-hybridized carbons (Fsp3) is 0.370. The highest BCUT2D eigenvalue weighted by atomic mass is 32.2. The monoisotopic (exact) mass is 614 g/mol. The van der Waals surface area contributed by atoms with Crippen molar-refractivity contribution in [3.8, 4) is 17.2 Å². The van der Waals surface area contributed by atoms with Crippen molar-refractivity contribution in [1.82, 2.24) is 25.5 Å². The third kappa shape index (κ3) is 4.15. The van der Waals surface area contributed by atoms with Crippen molar-refractivity contribution >= 4 is 51.5 Å². The molecular weight excluding hydrogens is 585 g/mol. The van der Waals surface area contributed by atoms with Crippen LogP contribution in [0.4, 0.5) is 5.69 Å². The lowest BCUT2D eigenvalue weighted by atomic mass is 9.94. The molecule has 4 heterocycles.